The van der Waals surface area contributed by atoms with Gasteiger partial charge in [-0.3, -0.25) is 0 Å². The molecule has 0 aliphatic rings. The molecule has 0 amide bonds. The topological polar surface area (TPSA) is 24.7 Å². The van der Waals surface area contributed by atoms with Crippen molar-refractivity contribution in [2.24, 2.45) is 10.2 Å². The number of hydrogen-bond donors (Lipinski definition) is 0. The van der Waals surface area contributed by atoms with Gasteiger partial charge in [-0.05, 0) is 47.9 Å². The molecule has 0 aliphatic carbocycles. The van der Waals surface area contributed by atoms with Crippen LogP contribution < -0.4 is 0 Å². The second-order valence-electron chi connectivity index (χ2n) is 3.42. The van der Waals surface area contributed by atoms with Crippen molar-refractivity contribution < 1.29 is 0 Å². The molecule has 0 spiro atoms. The van der Waals surface area contributed by atoms with Crippen molar-refractivity contribution in [2.75, 3.05) is 0 Å². The highest BCUT2D eigenvalue weighted by atomic mass is 32.1. The van der Waals surface area contributed by atoms with Crippen LogP contribution in [0.25, 0.3) is 0 Å². The molecule has 0 unspecified atom stereocenters. The summed E-state index contributed by atoms with van der Waals surface area (Å²) >= 11 is 3.36. The number of nitrogens with zero attached hydrogens (tertiary/aromatic N) is 2. The Morgan fingerprint density at radius 2 is 1.31 bits per heavy atom. The lowest BCUT2D eigenvalue weighted by atomic mass is 10.3. The summed E-state index contributed by atoms with van der Waals surface area (Å²) < 4.78 is 0. The number of hydrogen-bond acceptors (Lipinski definition) is 4. The van der Waals surface area contributed by atoms with Crippen LogP contribution in [0.3, 0.4) is 0 Å². The van der Waals surface area contributed by atoms with Crippen LogP contribution >= 0.6 is 22.7 Å². The first kappa shape index (κ1) is 11.2. The van der Waals surface area contributed by atoms with Crippen molar-refractivity contribution in [3.8, 4) is 0 Å². The molecule has 0 aliphatic heterocycles. The fourth-order valence-corrected chi connectivity index (χ4v) is 2.77. The largest absolute Gasteiger partial charge is 0.158 e. The first-order chi connectivity index (χ1) is 7.77. The van der Waals surface area contributed by atoms with Gasteiger partial charge in [0.15, 0.2) is 0 Å². The summed E-state index contributed by atoms with van der Waals surface area (Å²) in [7, 11) is 0. The van der Waals surface area contributed by atoms with Crippen LogP contribution in [0.2, 0.25) is 0 Å². The molecule has 0 aromatic carbocycles. The lowest BCUT2D eigenvalue weighted by Crippen LogP contribution is -1.79. The standard InChI is InChI=1S/C12H12N2S2/c1-9-3-5-15-11(9)7-13-14-8-12-10(2)4-6-16-12/h3-8H,1-2H3/b13-7-,14-8?. The highest BCUT2D eigenvalue weighted by Gasteiger charge is 1.95. The fourth-order valence-electron chi connectivity index (χ4n) is 1.20. The first-order valence-corrected chi connectivity index (χ1v) is 6.68. The molecule has 2 heterocycles. The van der Waals surface area contributed by atoms with E-state index in [1.54, 1.807) is 35.1 Å². The summed E-state index contributed by atoms with van der Waals surface area (Å²) in [6.07, 6.45) is 3.61. The molecule has 0 N–H and O–H groups in total. The van der Waals surface area contributed by atoms with Gasteiger partial charge in [0.1, 0.15) is 0 Å². The van der Waals surface area contributed by atoms with Gasteiger partial charge in [-0.2, -0.15) is 10.2 Å². The third kappa shape index (κ3) is 2.65. The molecule has 0 radical (unpaired) electrons. The van der Waals surface area contributed by atoms with Crippen LogP contribution in [0.1, 0.15) is 20.9 Å². The third-order valence-electron chi connectivity index (χ3n) is 2.22. The van der Waals surface area contributed by atoms with Crippen molar-refractivity contribution in [2.45, 2.75) is 13.8 Å². The van der Waals surface area contributed by atoms with E-state index in [4.69, 9.17) is 0 Å². The quantitative estimate of drug-likeness (QED) is 0.582. The van der Waals surface area contributed by atoms with E-state index < -0.39 is 0 Å². The van der Waals surface area contributed by atoms with Gasteiger partial charge in [-0.25, -0.2) is 0 Å². The zero-order valence-electron chi connectivity index (χ0n) is 9.18. The van der Waals surface area contributed by atoms with Gasteiger partial charge in [0.25, 0.3) is 0 Å². The van der Waals surface area contributed by atoms with Crippen molar-refractivity contribution in [3.05, 3.63) is 43.8 Å². The summed E-state index contributed by atoms with van der Waals surface area (Å²) in [6, 6.07) is 4.16. The second kappa shape index (κ2) is 5.18. The van der Waals surface area contributed by atoms with Crippen LogP contribution in [-0.2, 0) is 0 Å². The van der Waals surface area contributed by atoms with Crippen LogP contribution in [0, 0.1) is 13.8 Å². The Labute approximate surface area is 103 Å². The molecule has 2 nitrogen and oxygen atoms in total. The number of rotatable bonds is 3. The average molecular weight is 248 g/mol. The minimum atomic E-state index is 1.17. The SMILES string of the molecule is Cc1ccsc1C=N/N=C\c1sccc1C. The van der Waals surface area contributed by atoms with Crippen LogP contribution in [-0.4, -0.2) is 12.4 Å². The molecule has 2 aromatic rings. The van der Waals surface area contributed by atoms with E-state index in [-0.39, 0.29) is 0 Å². The molecular formula is C12H12N2S2. The Morgan fingerprint density at radius 3 is 1.62 bits per heavy atom. The lowest BCUT2D eigenvalue weighted by Gasteiger charge is -1.87. The smallest absolute Gasteiger partial charge is 0.0670 e. The van der Waals surface area contributed by atoms with Crippen LogP contribution in [0.5, 0.6) is 0 Å². The van der Waals surface area contributed by atoms with Gasteiger partial charge in [-0.15, -0.1) is 22.7 Å². The zero-order chi connectivity index (χ0) is 11.4. The van der Waals surface area contributed by atoms with E-state index in [9.17, 15) is 0 Å². The molecule has 0 saturated heterocycles. The van der Waals surface area contributed by atoms with Crippen molar-refractivity contribution >= 4 is 35.1 Å². The molecular weight excluding hydrogens is 236 g/mol. The van der Waals surface area contributed by atoms with Crippen molar-refractivity contribution in [1.29, 1.82) is 0 Å². The predicted octanol–water partition coefficient (Wildman–Crippen LogP) is 3.88. The molecule has 4 heteroatoms. The minimum absolute atomic E-state index is 1.17. The zero-order valence-corrected chi connectivity index (χ0v) is 10.8. The van der Waals surface area contributed by atoms with E-state index >= 15 is 0 Å². The van der Waals surface area contributed by atoms with Crippen molar-refractivity contribution in [3.63, 3.8) is 0 Å². The Balaban J connectivity index is 2.03. The molecule has 2 aromatic heterocycles. The van der Waals surface area contributed by atoms with Gasteiger partial charge in [-0.1, -0.05) is 0 Å². The van der Waals surface area contributed by atoms with E-state index in [0.717, 1.165) is 0 Å². The summed E-state index contributed by atoms with van der Waals surface area (Å²) in [4.78, 5) is 2.33. The van der Waals surface area contributed by atoms with E-state index in [0.29, 0.717) is 0 Å². The summed E-state index contributed by atoms with van der Waals surface area (Å²) in [6.45, 7) is 4.15. The molecule has 16 heavy (non-hydrogen) atoms. The monoisotopic (exact) mass is 248 g/mol. The van der Waals surface area contributed by atoms with E-state index in [1.165, 1.54) is 20.9 Å². The highest BCUT2D eigenvalue weighted by Crippen LogP contribution is 2.13. The Hall–Kier alpha value is -1.26. The molecule has 2 rings (SSSR count). The van der Waals surface area contributed by atoms with Gasteiger partial charge < -0.3 is 0 Å². The highest BCUT2D eigenvalue weighted by molar-refractivity contribution is 7.12. The molecule has 0 atom stereocenters. The van der Waals surface area contributed by atoms with E-state index in [1.807, 2.05) is 0 Å². The predicted molar refractivity (Wildman–Crippen MR) is 73.3 cm³/mol. The normalized spacial score (nSPS) is 11.9. The maximum atomic E-state index is 4.05. The van der Waals surface area contributed by atoms with Gasteiger partial charge in [0.2, 0.25) is 0 Å². The van der Waals surface area contributed by atoms with Crippen LogP contribution in [0.4, 0.5) is 0 Å². The van der Waals surface area contributed by atoms with Crippen molar-refractivity contribution in [1.82, 2.24) is 0 Å². The Bertz CT molecular complexity index is 472. The number of thiophene rings is 2. The fraction of sp³-hybridized carbons (Fsp3) is 0.167. The summed E-state index contributed by atoms with van der Waals surface area (Å²) in [5.74, 6) is 0. The van der Waals surface area contributed by atoms with E-state index in [2.05, 4.69) is 46.9 Å². The second-order valence-corrected chi connectivity index (χ2v) is 5.32. The minimum Gasteiger partial charge on any atom is -0.158 e. The lowest BCUT2D eigenvalue weighted by molar-refractivity contribution is 1.27. The summed E-state index contributed by atoms with van der Waals surface area (Å²) in [5.41, 5.74) is 2.49. The van der Waals surface area contributed by atoms with Crippen LogP contribution in [0.15, 0.2) is 33.1 Å². The molecule has 82 valence electrons. The summed E-state index contributed by atoms with van der Waals surface area (Å²) in [5, 5.41) is 12.2. The Kier molecular flexibility index (Phi) is 3.64. The van der Waals surface area contributed by atoms with Gasteiger partial charge >= 0.3 is 0 Å². The van der Waals surface area contributed by atoms with Gasteiger partial charge in [0, 0.05) is 0 Å². The third-order valence-corrected chi connectivity index (χ3v) is 4.13. The average Bonchev–Trinajstić information content (AvgIpc) is 2.84. The van der Waals surface area contributed by atoms with Gasteiger partial charge in [0.05, 0.1) is 22.2 Å². The number of aryl methyl sites for hydroxylation is 2. The first-order valence-electron chi connectivity index (χ1n) is 4.92. The molecule has 0 bridgehead atoms. The maximum Gasteiger partial charge on any atom is 0.0670 e. The molecule has 0 fully saturated rings. The molecule has 0 saturated carbocycles. The maximum absolute atomic E-state index is 4.05. The Morgan fingerprint density at radius 1 is 0.875 bits per heavy atom.